The molecule has 0 saturated carbocycles. The molecule has 0 aromatic heterocycles. The van der Waals surface area contributed by atoms with E-state index in [1.807, 2.05) is 0 Å². The van der Waals surface area contributed by atoms with Gasteiger partial charge in [-0.2, -0.15) is 12.6 Å². The van der Waals surface area contributed by atoms with Crippen LogP contribution in [0, 0.1) is 5.92 Å². The molecule has 1 saturated heterocycles. The van der Waals surface area contributed by atoms with Crippen LogP contribution in [0.1, 0.15) is 38.5 Å². The maximum atomic E-state index is 11.8. The standard InChI is InChI=1S/C11H19NO3S/c13-10-8(7-16)5-3-1-2-4-6-9(12-10)11(14)15/h8-9,16H,1-7H2,(H,12,13)(H,14,15)/t8-,9-/m1/s1. The Morgan fingerprint density at radius 1 is 1.31 bits per heavy atom. The summed E-state index contributed by atoms with van der Waals surface area (Å²) in [6, 6.07) is -0.729. The zero-order valence-corrected chi connectivity index (χ0v) is 10.2. The van der Waals surface area contributed by atoms with Crippen LogP contribution in [-0.4, -0.2) is 28.8 Å². The molecule has 1 aliphatic rings. The van der Waals surface area contributed by atoms with Crippen LogP contribution in [0.5, 0.6) is 0 Å². The van der Waals surface area contributed by atoms with Crippen molar-refractivity contribution in [3.63, 3.8) is 0 Å². The highest BCUT2D eigenvalue weighted by Crippen LogP contribution is 2.16. The zero-order valence-electron chi connectivity index (χ0n) is 9.32. The van der Waals surface area contributed by atoms with Gasteiger partial charge >= 0.3 is 5.97 Å². The zero-order chi connectivity index (χ0) is 12.0. The molecule has 5 heteroatoms. The third-order valence-electron chi connectivity index (χ3n) is 3.00. The monoisotopic (exact) mass is 245 g/mol. The number of carbonyl (C=O) groups is 2. The number of rotatable bonds is 2. The second-order valence-electron chi connectivity index (χ2n) is 4.27. The molecule has 1 amide bonds. The van der Waals surface area contributed by atoms with Gasteiger partial charge in [-0.1, -0.05) is 25.7 Å². The Balaban J connectivity index is 2.63. The average molecular weight is 245 g/mol. The number of carboxylic acid groups (broad SMARTS) is 1. The first-order chi connectivity index (χ1) is 7.65. The predicted octanol–water partition coefficient (Wildman–Crippen LogP) is 1.46. The summed E-state index contributed by atoms with van der Waals surface area (Å²) in [6.45, 7) is 0. The molecule has 1 heterocycles. The molecule has 0 bridgehead atoms. The van der Waals surface area contributed by atoms with Crippen molar-refractivity contribution < 1.29 is 14.7 Å². The Labute approximate surface area is 101 Å². The molecule has 1 aliphatic heterocycles. The Morgan fingerprint density at radius 2 is 1.94 bits per heavy atom. The van der Waals surface area contributed by atoms with Crippen LogP contribution >= 0.6 is 12.6 Å². The van der Waals surface area contributed by atoms with Crippen molar-refractivity contribution in [1.29, 1.82) is 0 Å². The van der Waals surface area contributed by atoms with E-state index in [-0.39, 0.29) is 11.8 Å². The molecule has 2 atom stereocenters. The van der Waals surface area contributed by atoms with Crippen LogP contribution in [0.2, 0.25) is 0 Å². The van der Waals surface area contributed by atoms with Gasteiger partial charge in [-0.3, -0.25) is 4.79 Å². The van der Waals surface area contributed by atoms with Crippen LogP contribution < -0.4 is 5.32 Å². The molecule has 1 fully saturated rings. The van der Waals surface area contributed by atoms with E-state index in [1.165, 1.54) is 0 Å². The predicted molar refractivity (Wildman–Crippen MR) is 64.6 cm³/mol. The lowest BCUT2D eigenvalue weighted by atomic mass is 9.97. The summed E-state index contributed by atoms with van der Waals surface area (Å²) in [5.74, 6) is -0.766. The van der Waals surface area contributed by atoms with Gasteiger partial charge in [-0.05, 0) is 12.8 Å². The average Bonchev–Trinajstić information content (AvgIpc) is 2.26. The molecule has 1 rings (SSSR count). The number of carboxylic acids is 1. The first kappa shape index (κ1) is 13.4. The highest BCUT2D eigenvalue weighted by Gasteiger charge is 2.24. The summed E-state index contributed by atoms with van der Waals surface area (Å²) in [5, 5.41) is 11.6. The van der Waals surface area contributed by atoms with Crippen molar-refractivity contribution in [3.8, 4) is 0 Å². The minimum atomic E-state index is -0.938. The van der Waals surface area contributed by atoms with E-state index in [4.69, 9.17) is 5.11 Å². The van der Waals surface area contributed by atoms with Gasteiger partial charge in [0, 0.05) is 11.7 Å². The summed E-state index contributed by atoms with van der Waals surface area (Å²) < 4.78 is 0. The van der Waals surface area contributed by atoms with Crippen molar-refractivity contribution in [2.45, 2.75) is 44.6 Å². The van der Waals surface area contributed by atoms with Gasteiger partial charge in [0.15, 0.2) is 0 Å². The number of hydrogen-bond acceptors (Lipinski definition) is 3. The van der Waals surface area contributed by atoms with Crippen molar-refractivity contribution in [3.05, 3.63) is 0 Å². The number of hydrogen-bond donors (Lipinski definition) is 3. The van der Waals surface area contributed by atoms with Crippen LogP contribution in [-0.2, 0) is 9.59 Å². The summed E-state index contributed by atoms with van der Waals surface area (Å²) in [4.78, 5) is 22.7. The Hall–Kier alpha value is -0.710. The quantitative estimate of drug-likeness (QED) is 0.645. The second-order valence-corrected chi connectivity index (χ2v) is 4.64. The van der Waals surface area contributed by atoms with E-state index in [2.05, 4.69) is 17.9 Å². The molecular weight excluding hydrogens is 226 g/mol. The third-order valence-corrected chi connectivity index (χ3v) is 3.44. The smallest absolute Gasteiger partial charge is 0.326 e. The van der Waals surface area contributed by atoms with Gasteiger partial charge < -0.3 is 10.4 Å². The van der Waals surface area contributed by atoms with E-state index in [0.717, 1.165) is 32.1 Å². The maximum Gasteiger partial charge on any atom is 0.326 e. The Kier molecular flexibility index (Phi) is 5.66. The maximum absolute atomic E-state index is 11.8. The lowest BCUT2D eigenvalue weighted by Crippen LogP contribution is -2.44. The SMILES string of the molecule is O=C1N[C@@H](C(=O)O)CCCCCC[C@@H]1CS. The fraction of sp³-hybridized carbons (Fsp3) is 0.818. The largest absolute Gasteiger partial charge is 0.480 e. The summed E-state index contributed by atoms with van der Waals surface area (Å²) >= 11 is 4.14. The lowest BCUT2D eigenvalue weighted by Gasteiger charge is -2.20. The number of amides is 1. The topological polar surface area (TPSA) is 66.4 Å². The van der Waals surface area contributed by atoms with Crippen LogP contribution in [0.15, 0.2) is 0 Å². The first-order valence-electron chi connectivity index (χ1n) is 5.79. The van der Waals surface area contributed by atoms with Crippen molar-refractivity contribution in [2.24, 2.45) is 5.92 Å². The molecule has 0 unspecified atom stereocenters. The van der Waals surface area contributed by atoms with Crippen molar-refractivity contribution in [1.82, 2.24) is 5.32 Å². The van der Waals surface area contributed by atoms with Gasteiger partial charge in [0.1, 0.15) is 6.04 Å². The van der Waals surface area contributed by atoms with Gasteiger partial charge in [-0.15, -0.1) is 0 Å². The lowest BCUT2D eigenvalue weighted by molar-refractivity contribution is -0.142. The number of thiol groups is 1. The normalized spacial score (nSPS) is 28.2. The van der Waals surface area contributed by atoms with Crippen molar-refractivity contribution in [2.75, 3.05) is 5.75 Å². The molecule has 4 nitrogen and oxygen atoms in total. The molecule has 0 aliphatic carbocycles. The van der Waals surface area contributed by atoms with Crippen molar-refractivity contribution >= 4 is 24.5 Å². The Bertz CT molecular complexity index is 258. The molecule has 2 N–H and O–H groups in total. The van der Waals surface area contributed by atoms with Crippen LogP contribution in [0.4, 0.5) is 0 Å². The minimum Gasteiger partial charge on any atom is -0.480 e. The molecule has 0 aromatic carbocycles. The highest BCUT2D eigenvalue weighted by atomic mass is 32.1. The van der Waals surface area contributed by atoms with Gasteiger partial charge in [-0.25, -0.2) is 4.79 Å². The summed E-state index contributed by atoms with van der Waals surface area (Å²) in [7, 11) is 0. The van der Waals surface area contributed by atoms with E-state index in [1.54, 1.807) is 0 Å². The molecule has 92 valence electrons. The van der Waals surface area contributed by atoms with Gasteiger partial charge in [0.05, 0.1) is 0 Å². The van der Waals surface area contributed by atoms with E-state index >= 15 is 0 Å². The number of aliphatic carboxylic acids is 1. The number of nitrogens with one attached hydrogen (secondary N) is 1. The molecule has 0 spiro atoms. The second kappa shape index (κ2) is 6.78. The number of carbonyl (C=O) groups excluding carboxylic acids is 1. The molecular formula is C11H19NO3S. The first-order valence-corrected chi connectivity index (χ1v) is 6.42. The fourth-order valence-corrected chi connectivity index (χ4v) is 2.29. The molecule has 0 aromatic rings. The van der Waals surface area contributed by atoms with E-state index in [9.17, 15) is 9.59 Å². The summed E-state index contributed by atoms with van der Waals surface area (Å²) in [5.41, 5.74) is 0. The van der Waals surface area contributed by atoms with Gasteiger partial charge in [0.25, 0.3) is 0 Å². The van der Waals surface area contributed by atoms with E-state index in [0.29, 0.717) is 12.2 Å². The molecule has 0 radical (unpaired) electrons. The Morgan fingerprint density at radius 3 is 2.50 bits per heavy atom. The van der Waals surface area contributed by atoms with Crippen LogP contribution in [0.3, 0.4) is 0 Å². The highest BCUT2D eigenvalue weighted by molar-refractivity contribution is 7.80. The van der Waals surface area contributed by atoms with E-state index < -0.39 is 12.0 Å². The van der Waals surface area contributed by atoms with Crippen LogP contribution in [0.25, 0.3) is 0 Å². The molecule has 16 heavy (non-hydrogen) atoms. The minimum absolute atomic E-state index is 0.150. The summed E-state index contributed by atoms with van der Waals surface area (Å²) in [6.07, 6.45) is 5.34. The fourth-order valence-electron chi connectivity index (χ4n) is 1.94. The van der Waals surface area contributed by atoms with Gasteiger partial charge in [0.2, 0.25) is 5.91 Å². The third kappa shape index (κ3) is 4.04.